The Kier molecular flexibility index (Phi) is 3.43. The Morgan fingerprint density at radius 2 is 2.24 bits per heavy atom. The third-order valence-electron chi connectivity index (χ3n) is 3.81. The summed E-state index contributed by atoms with van der Waals surface area (Å²) >= 11 is 0. The van der Waals surface area contributed by atoms with E-state index in [-0.39, 0.29) is 0 Å². The molecule has 0 spiro atoms. The van der Waals surface area contributed by atoms with Crippen LogP contribution in [0.5, 0.6) is 5.88 Å². The van der Waals surface area contributed by atoms with Gasteiger partial charge in [0.15, 0.2) is 0 Å². The van der Waals surface area contributed by atoms with Gasteiger partial charge >= 0.3 is 0 Å². The van der Waals surface area contributed by atoms with Crippen molar-refractivity contribution in [2.75, 3.05) is 7.11 Å². The second-order valence-corrected chi connectivity index (χ2v) is 5.06. The first-order valence-electron chi connectivity index (χ1n) is 6.42. The molecule has 0 bridgehead atoms. The van der Waals surface area contributed by atoms with Crippen molar-refractivity contribution < 1.29 is 4.74 Å². The van der Waals surface area contributed by atoms with Crippen LogP contribution in [-0.4, -0.2) is 29.0 Å². The third kappa shape index (κ3) is 2.06. The normalized spacial score (nSPS) is 28.6. The predicted octanol–water partition coefficient (Wildman–Crippen LogP) is 1.98. The van der Waals surface area contributed by atoms with Crippen molar-refractivity contribution in [3.05, 3.63) is 11.3 Å². The molecule has 1 aromatic rings. The summed E-state index contributed by atoms with van der Waals surface area (Å²) in [5, 5.41) is 8.13. The van der Waals surface area contributed by atoms with Gasteiger partial charge in [0.2, 0.25) is 5.88 Å². The zero-order valence-corrected chi connectivity index (χ0v) is 11.4. The van der Waals surface area contributed by atoms with Crippen LogP contribution in [-0.2, 0) is 7.05 Å². The van der Waals surface area contributed by atoms with Crippen LogP contribution < -0.4 is 10.1 Å². The number of rotatable bonds is 3. The van der Waals surface area contributed by atoms with Gasteiger partial charge in [0.05, 0.1) is 12.8 Å². The van der Waals surface area contributed by atoms with Crippen molar-refractivity contribution in [1.82, 2.24) is 15.1 Å². The van der Waals surface area contributed by atoms with E-state index in [0.29, 0.717) is 18.0 Å². The fraction of sp³-hybridized carbons (Fsp3) is 0.769. The van der Waals surface area contributed by atoms with Crippen molar-refractivity contribution in [1.29, 1.82) is 0 Å². The Bertz CT molecular complexity index is 400. The SMILES string of the molecule is CCC1NC(C)CC1c1c(C)nn(C)c1OC. The molecular weight excluding hydrogens is 214 g/mol. The molecule has 4 heteroatoms. The lowest BCUT2D eigenvalue weighted by Crippen LogP contribution is -2.28. The summed E-state index contributed by atoms with van der Waals surface area (Å²) < 4.78 is 7.36. The molecule has 17 heavy (non-hydrogen) atoms. The average Bonchev–Trinajstić information content (AvgIpc) is 2.78. The van der Waals surface area contributed by atoms with Gasteiger partial charge < -0.3 is 10.1 Å². The van der Waals surface area contributed by atoms with Crippen molar-refractivity contribution in [3.8, 4) is 5.88 Å². The number of methoxy groups -OCH3 is 1. The molecule has 2 heterocycles. The number of aryl methyl sites for hydroxylation is 2. The van der Waals surface area contributed by atoms with E-state index < -0.39 is 0 Å². The maximum Gasteiger partial charge on any atom is 0.215 e. The molecule has 0 aromatic carbocycles. The van der Waals surface area contributed by atoms with Crippen LogP contribution >= 0.6 is 0 Å². The van der Waals surface area contributed by atoms with Crippen LogP contribution in [0.3, 0.4) is 0 Å². The van der Waals surface area contributed by atoms with Gasteiger partial charge in [-0.3, -0.25) is 0 Å². The Morgan fingerprint density at radius 3 is 2.82 bits per heavy atom. The lowest BCUT2D eigenvalue weighted by molar-refractivity contribution is 0.363. The third-order valence-corrected chi connectivity index (χ3v) is 3.81. The molecule has 1 fully saturated rings. The monoisotopic (exact) mass is 237 g/mol. The highest BCUT2D eigenvalue weighted by Crippen LogP contribution is 2.38. The highest BCUT2D eigenvalue weighted by atomic mass is 16.5. The lowest BCUT2D eigenvalue weighted by atomic mass is 9.89. The summed E-state index contributed by atoms with van der Waals surface area (Å²) in [5.41, 5.74) is 2.39. The van der Waals surface area contributed by atoms with E-state index in [1.54, 1.807) is 7.11 Å². The van der Waals surface area contributed by atoms with Crippen LogP contribution in [0.2, 0.25) is 0 Å². The molecule has 2 rings (SSSR count). The summed E-state index contributed by atoms with van der Waals surface area (Å²) in [5.74, 6) is 1.44. The molecule has 96 valence electrons. The standard InChI is InChI=1S/C13H23N3O/c1-6-11-10(7-8(2)14-11)12-9(3)15-16(4)13(12)17-5/h8,10-11,14H,6-7H2,1-5H3. The van der Waals surface area contributed by atoms with Gasteiger partial charge in [0.25, 0.3) is 0 Å². The van der Waals surface area contributed by atoms with Crippen LogP contribution in [0, 0.1) is 6.92 Å². The first kappa shape index (κ1) is 12.4. The van der Waals surface area contributed by atoms with E-state index in [4.69, 9.17) is 4.74 Å². The molecule has 0 amide bonds. The number of ether oxygens (including phenoxy) is 1. The molecule has 1 aliphatic rings. The Labute approximate surface area is 103 Å². The highest BCUT2D eigenvalue weighted by molar-refractivity contribution is 5.37. The average molecular weight is 237 g/mol. The second kappa shape index (κ2) is 4.69. The Balaban J connectivity index is 2.39. The summed E-state index contributed by atoms with van der Waals surface area (Å²) in [4.78, 5) is 0. The zero-order chi connectivity index (χ0) is 12.6. The second-order valence-electron chi connectivity index (χ2n) is 5.06. The van der Waals surface area contributed by atoms with E-state index in [2.05, 4.69) is 31.2 Å². The summed E-state index contributed by atoms with van der Waals surface area (Å²) in [6.45, 7) is 6.56. The Morgan fingerprint density at radius 1 is 1.53 bits per heavy atom. The lowest BCUT2D eigenvalue weighted by Gasteiger charge is -2.18. The quantitative estimate of drug-likeness (QED) is 0.873. The number of hydrogen-bond acceptors (Lipinski definition) is 3. The Hall–Kier alpha value is -1.03. The molecular formula is C13H23N3O. The first-order valence-corrected chi connectivity index (χ1v) is 6.42. The number of aromatic nitrogens is 2. The van der Waals surface area contributed by atoms with Gasteiger partial charge in [-0.25, -0.2) is 4.68 Å². The topological polar surface area (TPSA) is 39.1 Å². The number of nitrogens with zero attached hydrogens (tertiary/aromatic N) is 2. The van der Waals surface area contributed by atoms with Crippen LogP contribution in [0.4, 0.5) is 0 Å². The maximum atomic E-state index is 5.51. The number of hydrogen-bond donors (Lipinski definition) is 1. The summed E-state index contributed by atoms with van der Waals surface area (Å²) in [7, 11) is 3.68. The molecule has 1 aliphatic heterocycles. The fourth-order valence-corrected chi connectivity index (χ4v) is 3.14. The van der Waals surface area contributed by atoms with E-state index in [1.807, 2.05) is 11.7 Å². The van der Waals surface area contributed by atoms with E-state index in [1.165, 1.54) is 12.0 Å². The van der Waals surface area contributed by atoms with Crippen LogP contribution in [0.15, 0.2) is 0 Å². The van der Waals surface area contributed by atoms with Gasteiger partial charge in [-0.2, -0.15) is 5.10 Å². The van der Waals surface area contributed by atoms with Crippen LogP contribution in [0.25, 0.3) is 0 Å². The van der Waals surface area contributed by atoms with E-state index >= 15 is 0 Å². The minimum absolute atomic E-state index is 0.527. The molecule has 0 saturated carbocycles. The minimum atomic E-state index is 0.527. The molecule has 1 N–H and O–H groups in total. The largest absolute Gasteiger partial charge is 0.481 e. The van der Waals surface area contributed by atoms with Gasteiger partial charge in [-0.05, 0) is 26.7 Å². The summed E-state index contributed by atoms with van der Waals surface area (Å²) in [6.07, 6.45) is 2.31. The first-order chi connectivity index (χ1) is 8.08. The van der Waals surface area contributed by atoms with Crippen molar-refractivity contribution in [3.63, 3.8) is 0 Å². The van der Waals surface area contributed by atoms with E-state index in [0.717, 1.165) is 18.0 Å². The molecule has 4 nitrogen and oxygen atoms in total. The van der Waals surface area contributed by atoms with Gasteiger partial charge in [0.1, 0.15) is 0 Å². The zero-order valence-electron chi connectivity index (χ0n) is 11.4. The predicted molar refractivity (Wildman–Crippen MR) is 68.5 cm³/mol. The molecule has 1 saturated heterocycles. The molecule has 1 aromatic heterocycles. The summed E-state index contributed by atoms with van der Waals surface area (Å²) in [6, 6.07) is 1.12. The van der Waals surface area contributed by atoms with Crippen molar-refractivity contribution in [2.24, 2.45) is 7.05 Å². The number of nitrogens with one attached hydrogen (secondary N) is 1. The fourth-order valence-electron chi connectivity index (χ4n) is 3.14. The molecule has 0 aliphatic carbocycles. The van der Waals surface area contributed by atoms with Crippen LogP contribution in [0.1, 0.15) is 43.9 Å². The van der Waals surface area contributed by atoms with Gasteiger partial charge in [0, 0.05) is 30.6 Å². The highest BCUT2D eigenvalue weighted by Gasteiger charge is 2.35. The smallest absolute Gasteiger partial charge is 0.215 e. The maximum absolute atomic E-state index is 5.51. The minimum Gasteiger partial charge on any atom is -0.481 e. The van der Waals surface area contributed by atoms with E-state index in [9.17, 15) is 0 Å². The molecule has 3 unspecified atom stereocenters. The van der Waals surface area contributed by atoms with Gasteiger partial charge in [-0.15, -0.1) is 0 Å². The van der Waals surface area contributed by atoms with Crippen molar-refractivity contribution >= 4 is 0 Å². The van der Waals surface area contributed by atoms with Crippen molar-refractivity contribution in [2.45, 2.75) is 51.6 Å². The molecule has 3 atom stereocenters. The molecule has 0 radical (unpaired) electrons. The van der Waals surface area contributed by atoms with Gasteiger partial charge in [-0.1, -0.05) is 6.92 Å².